The summed E-state index contributed by atoms with van der Waals surface area (Å²) in [6, 6.07) is 27.4. The molecule has 4 rings (SSSR count). The van der Waals surface area contributed by atoms with Gasteiger partial charge in [0.2, 0.25) is 10.0 Å². The lowest BCUT2D eigenvalue weighted by molar-refractivity contribution is 0.0951. The first-order valence-corrected chi connectivity index (χ1v) is 11.9. The van der Waals surface area contributed by atoms with Crippen molar-refractivity contribution in [3.05, 3.63) is 108 Å². The molecule has 0 bridgehead atoms. The largest absolute Gasteiger partial charge is 0.495 e. The molecule has 6 nitrogen and oxygen atoms in total. The Morgan fingerprint density at radius 1 is 0.848 bits per heavy atom. The first kappa shape index (κ1) is 22.5. The second-order valence-electron chi connectivity index (χ2n) is 7.50. The van der Waals surface area contributed by atoms with Crippen LogP contribution in [-0.2, 0) is 23.1 Å². The van der Waals surface area contributed by atoms with Crippen LogP contribution in [0, 0.1) is 0 Å². The SMILES string of the molecule is COc1ccc(C(=O)NCc2cccc3ccccc23)cc1S(=O)(=O)NCc1ccccc1. The molecule has 0 atom stereocenters. The van der Waals surface area contributed by atoms with Crippen LogP contribution in [0.2, 0.25) is 0 Å². The van der Waals surface area contributed by atoms with Crippen LogP contribution in [0.5, 0.6) is 5.75 Å². The quantitative estimate of drug-likeness (QED) is 0.412. The monoisotopic (exact) mass is 460 g/mol. The van der Waals surface area contributed by atoms with Crippen LogP contribution in [0.25, 0.3) is 10.8 Å². The van der Waals surface area contributed by atoms with E-state index in [9.17, 15) is 13.2 Å². The maximum Gasteiger partial charge on any atom is 0.251 e. The van der Waals surface area contributed by atoms with Gasteiger partial charge in [-0.1, -0.05) is 72.8 Å². The van der Waals surface area contributed by atoms with Gasteiger partial charge in [0.1, 0.15) is 10.6 Å². The van der Waals surface area contributed by atoms with E-state index in [1.807, 2.05) is 72.8 Å². The molecule has 0 unspecified atom stereocenters. The Hall–Kier alpha value is -3.68. The lowest BCUT2D eigenvalue weighted by Crippen LogP contribution is -2.26. The Balaban J connectivity index is 1.53. The Morgan fingerprint density at radius 2 is 1.58 bits per heavy atom. The van der Waals surface area contributed by atoms with Gasteiger partial charge in [-0.25, -0.2) is 13.1 Å². The van der Waals surface area contributed by atoms with Gasteiger partial charge in [-0.15, -0.1) is 0 Å². The third kappa shape index (κ3) is 5.22. The van der Waals surface area contributed by atoms with Crippen molar-refractivity contribution >= 4 is 26.7 Å². The molecule has 0 radical (unpaired) electrons. The Morgan fingerprint density at radius 3 is 2.36 bits per heavy atom. The zero-order valence-electron chi connectivity index (χ0n) is 18.1. The smallest absolute Gasteiger partial charge is 0.251 e. The number of carbonyl (C=O) groups is 1. The van der Waals surface area contributed by atoms with Crippen LogP contribution in [0.15, 0.2) is 95.9 Å². The number of fused-ring (bicyclic) bond motifs is 1. The van der Waals surface area contributed by atoms with Crippen LogP contribution < -0.4 is 14.8 Å². The number of hydrogen-bond donors (Lipinski definition) is 2. The summed E-state index contributed by atoms with van der Waals surface area (Å²) < 4.78 is 33.7. The molecule has 1 amide bonds. The predicted molar refractivity (Wildman–Crippen MR) is 129 cm³/mol. The van der Waals surface area contributed by atoms with Crippen LogP contribution in [0.3, 0.4) is 0 Å². The number of benzene rings is 4. The van der Waals surface area contributed by atoms with Crippen molar-refractivity contribution in [1.82, 2.24) is 10.0 Å². The van der Waals surface area contributed by atoms with Crippen LogP contribution in [0.4, 0.5) is 0 Å². The Labute approximate surface area is 193 Å². The average molecular weight is 461 g/mol. The molecular weight excluding hydrogens is 436 g/mol. The van der Waals surface area contributed by atoms with Crippen LogP contribution in [-0.4, -0.2) is 21.4 Å². The fraction of sp³-hybridized carbons (Fsp3) is 0.115. The first-order valence-electron chi connectivity index (χ1n) is 10.4. The molecule has 0 aliphatic rings. The summed E-state index contributed by atoms with van der Waals surface area (Å²) >= 11 is 0. The first-order chi connectivity index (χ1) is 16.0. The van der Waals surface area contributed by atoms with E-state index in [4.69, 9.17) is 4.74 Å². The molecule has 0 fully saturated rings. The number of methoxy groups -OCH3 is 1. The van der Waals surface area contributed by atoms with Gasteiger partial charge < -0.3 is 10.1 Å². The van der Waals surface area contributed by atoms with Crippen molar-refractivity contribution in [2.45, 2.75) is 18.0 Å². The van der Waals surface area contributed by atoms with Crippen molar-refractivity contribution < 1.29 is 17.9 Å². The highest BCUT2D eigenvalue weighted by atomic mass is 32.2. The standard InChI is InChI=1S/C26H24N2O4S/c1-32-24-15-14-21(16-25(24)33(30,31)28-17-19-8-3-2-4-9-19)26(29)27-18-22-12-7-11-20-10-5-6-13-23(20)22/h2-16,28H,17-18H2,1H3,(H,27,29). The molecule has 0 saturated heterocycles. The summed E-state index contributed by atoms with van der Waals surface area (Å²) in [6.45, 7) is 0.449. The summed E-state index contributed by atoms with van der Waals surface area (Å²) in [5, 5.41) is 5.03. The number of hydrogen-bond acceptors (Lipinski definition) is 4. The molecule has 0 aromatic heterocycles. The van der Waals surface area contributed by atoms with Gasteiger partial charge in [0.05, 0.1) is 7.11 Å². The summed E-state index contributed by atoms with van der Waals surface area (Å²) in [5.41, 5.74) is 2.03. The molecular formula is C26H24N2O4S. The molecule has 2 N–H and O–H groups in total. The molecule has 0 aliphatic heterocycles. The minimum Gasteiger partial charge on any atom is -0.495 e. The van der Waals surface area contributed by atoms with Crippen LogP contribution in [0.1, 0.15) is 21.5 Å². The highest BCUT2D eigenvalue weighted by Gasteiger charge is 2.21. The number of ether oxygens (including phenoxy) is 1. The van der Waals surface area contributed by atoms with Gasteiger partial charge in [-0.05, 0) is 40.1 Å². The van der Waals surface area contributed by atoms with Crippen molar-refractivity contribution in [3.63, 3.8) is 0 Å². The number of nitrogens with one attached hydrogen (secondary N) is 2. The van der Waals surface area contributed by atoms with E-state index in [1.54, 1.807) is 6.07 Å². The zero-order chi connectivity index (χ0) is 23.3. The van der Waals surface area contributed by atoms with Crippen molar-refractivity contribution in [2.24, 2.45) is 0 Å². The van der Waals surface area contributed by atoms with E-state index in [1.165, 1.54) is 19.2 Å². The number of rotatable bonds is 8. The zero-order valence-corrected chi connectivity index (χ0v) is 18.9. The van der Waals surface area contributed by atoms with Crippen molar-refractivity contribution in [3.8, 4) is 5.75 Å². The van der Waals surface area contributed by atoms with Gasteiger partial charge in [0, 0.05) is 18.7 Å². The molecule has 33 heavy (non-hydrogen) atoms. The van der Waals surface area contributed by atoms with E-state index in [0.717, 1.165) is 21.9 Å². The summed E-state index contributed by atoms with van der Waals surface area (Å²) in [6.07, 6.45) is 0. The minimum absolute atomic E-state index is 0.0845. The van der Waals surface area contributed by atoms with Crippen molar-refractivity contribution in [1.29, 1.82) is 0 Å². The highest BCUT2D eigenvalue weighted by Crippen LogP contribution is 2.25. The van der Waals surface area contributed by atoms with Gasteiger partial charge in [-0.3, -0.25) is 4.79 Å². The van der Waals surface area contributed by atoms with E-state index in [0.29, 0.717) is 6.54 Å². The van der Waals surface area contributed by atoms with E-state index >= 15 is 0 Å². The van der Waals surface area contributed by atoms with Gasteiger partial charge in [-0.2, -0.15) is 0 Å². The molecule has 4 aromatic carbocycles. The molecule has 0 aliphatic carbocycles. The van der Waals surface area contributed by atoms with E-state index in [-0.39, 0.29) is 28.7 Å². The normalized spacial score (nSPS) is 11.3. The lowest BCUT2D eigenvalue weighted by Gasteiger charge is -2.13. The summed E-state index contributed by atoms with van der Waals surface area (Å²) in [4.78, 5) is 12.8. The maximum atomic E-state index is 13.0. The second kappa shape index (κ2) is 9.85. The summed E-state index contributed by atoms with van der Waals surface area (Å²) in [5.74, 6) is -0.203. The summed E-state index contributed by atoms with van der Waals surface area (Å²) in [7, 11) is -2.51. The van der Waals surface area contributed by atoms with E-state index in [2.05, 4.69) is 10.0 Å². The fourth-order valence-electron chi connectivity index (χ4n) is 3.60. The van der Waals surface area contributed by atoms with Crippen LogP contribution >= 0.6 is 0 Å². The van der Waals surface area contributed by atoms with Gasteiger partial charge in [0.25, 0.3) is 5.91 Å². The fourth-order valence-corrected chi connectivity index (χ4v) is 4.81. The maximum absolute atomic E-state index is 13.0. The predicted octanol–water partition coefficient (Wildman–Crippen LogP) is 4.26. The number of amides is 1. The Kier molecular flexibility index (Phi) is 6.72. The average Bonchev–Trinajstić information content (AvgIpc) is 2.86. The molecule has 7 heteroatoms. The molecule has 0 saturated carbocycles. The van der Waals surface area contributed by atoms with Gasteiger partial charge in [0.15, 0.2) is 0 Å². The van der Waals surface area contributed by atoms with Gasteiger partial charge >= 0.3 is 0 Å². The number of carbonyl (C=O) groups excluding carboxylic acids is 1. The topological polar surface area (TPSA) is 84.5 Å². The highest BCUT2D eigenvalue weighted by molar-refractivity contribution is 7.89. The third-order valence-corrected chi connectivity index (χ3v) is 6.77. The van der Waals surface area contributed by atoms with E-state index < -0.39 is 10.0 Å². The Bertz CT molecular complexity index is 1380. The van der Waals surface area contributed by atoms with Crippen molar-refractivity contribution in [2.75, 3.05) is 7.11 Å². The molecule has 168 valence electrons. The molecule has 4 aromatic rings. The second-order valence-corrected chi connectivity index (χ2v) is 9.23. The lowest BCUT2D eigenvalue weighted by atomic mass is 10.0. The molecule has 0 heterocycles. The molecule has 0 spiro atoms. The minimum atomic E-state index is -3.91. The third-order valence-electron chi connectivity index (χ3n) is 5.34. The number of sulfonamides is 1.